The first-order chi connectivity index (χ1) is 9.93. The fourth-order valence-corrected chi connectivity index (χ4v) is 4.30. The fraction of sp³-hybridized carbons (Fsp3) is 0.800. The summed E-state index contributed by atoms with van der Waals surface area (Å²) < 4.78 is 11.5. The highest BCUT2D eigenvalue weighted by Crippen LogP contribution is 2.86. The minimum absolute atomic E-state index is 0.157. The molecule has 1 saturated carbocycles. The van der Waals surface area contributed by atoms with Crippen LogP contribution in [-0.2, 0) is 9.47 Å². The number of aliphatic imine (C=N–C) groups is 1. The molecule has 1 aliphatic heterocycles. The van der Waals surface area contributed by atoms with Gasteiger partial charge in [0.2, 0.25) is 0 Å². The molecular weight excluding hydrogens is 268 g/mol. The van der Waals surface area contributed by atoms with Gasteiger partial charge in [0.15, 0.2) is 5.41 Å². The lowest BCUT2D eigenvalue weighted by molar-refractivity contribution is -0.260. The van der Waals surface area contributed by atoms with E-state index in [1.54, 1.807) is 0 Å². The Bertz CT molecular complexity index is 555. The third kappa shape index (κ3) is 1.31. The predicted octanol–water partition coefficient (Wildman–Crippen LogP) is 1.92. The lowest BCUT2D eigenvalue weighted by Crippen LogP contribution is -2.45. The molecule has 0 aromatic carbocycles. The van der Waals surface area contributed by atoms with Gasteiger partial charge in [0.05, 0.1) is 12.1 Å². The van der Waals surface area contributed by atoms with E-state index in [4.69, 9.17) is 15.2 Å². The highest BCUT2D eigenvalue weighted by Gasteiger charge is 2.98. The number of nitrogens with two attached hydrogens (primary N) is 1. The van der Waals surface area contributed by atoms with Gasteiger partial charge in [0, 0.05) is 18.6 Å². The number of amidine groups is 1. The molecule has 2 N–H and O–H groups in total. The first-order valence-electron chi connectivity index (χ1n) is 7.39. The van der Waals surface area contributed by atoms with E-state index in [2.05, 4.69) is 17.1 Å². The maximum absolute atomic E-state index is 9.94. The summed E-state index contributed by atoms with van der Waals surface area (Å²) in [5.41, 5.74) is 3.15. The molecule has 21 heavy (non-hydrogen) atoms. The van der Waals surface area contributed by atoms with E-state index in [9.17, 15) is 10.5 Å². The van der Waals surface area contributed by atoms with Gasteiger partial charge < -0.3 is 15.2 Å². The van der Waals surface area contributed by atoms with Crippen LogP contribution in [-0.4, -0.2) is 25.0 Å². The Hall–Kier alpha value is -1.63. The summed E-state index contributed by atoms with van der Waals surface area (Å²) in [5.74, 6) is -1.32. The first-order valence-corrected chi connectivity index (χ1v) is 7.39. The van der Waals surface area contributed by atoms with Crippen molar-refractivity contribution in [2.45, 2.75) is 46.4 Å². The molecule has 2 aliphatic rings. The van der Waals surface area contributed by atoms with Crippen molar-refractivity contribution in [1.29, 1.82) is 10.5 Å². The smallest absolute Gasteiger partial charge is 0.293 e. The maximum atomic E-state index is 9.94. The van der Waals surface area contributed by atoms with Crippen LogP contribution in [0.1, 0.15) is 40.5 Å². The van der Waals surface area contributed by atoms with Crippen LogP contribution < -0.4 is 5.73 Å². The normalized spacial score (nSPS) is 39.0. The number of nitrogens with zero attached hydrogens (tertiary/aromatic N) is 3. The van der Waals surface area contributed by atoms with E-state index in [1.165, 1.54) is 0 Å². The molecule has 0 aromatic rings. The van der Waals surface area contributed by atoms with Crippen molar-refractivity contribution in [2.24, 2.45) is 27.0 Å². The van der Waals surface area contributed by atoms with E-state index in [-0.39, 0.29) is 5.84 Å². The Balaban J connectivity index is 2.69. The summed E-state index contributed by atoms with van der Waals surface area (Å²) in [7, 11) is 0. The van der Waals surface area contributed by atoms with E-state index >= 15 is 0 Å². The van der Waals surface area contributed by atoms with Crippen molar-refractivity contribution in [2.75, 3.05) is 13.2 Å². The molecule has 0 spiro atoms. The molecule has 6 nitrogen and oxygen atoms in total. The van der Waals surface area contributed by atoms with Crippen molar-refractivity contribution in [3.8, 4) is 12.1 Å². The zero-order valence-corrected chi connectivity index (χ0v) is 13.1. The summed E-state index contributed by atoms with van der Waals surface area (Å²) in [6.45, 7) is 8.20. The Labute approximate surface area is 125 Å². The summed E-state index contributed by atoms with van der Waals surface area (Å²) in [5, 5.41) is 19.7. The van der Waals surface area contributed by atoms with Crippen molar-refractivity contribution < 1.29 is 9.47 Å². The van der Waals surface area contributed by atoms with Gasteiger partial charge in [-0.05, 0) is 20.3 Å². The molecule has 1 aliphatic carbocycles. The second-order valence-corrected chi connectivity index (χ2v) is 5.75. The number of ether oxygens (including phenoxy) is 2. The highest BCUT2D eigenvalue weighted by atomic mass is 16.7. The number of nitriles is 2. The van der Waals surface area contributed by atoms with Crippen LogP contribution in [0.2, 0.25) is 0 Å². The van der Waals surface area contributed by atoms with Crippen molar-refractivity contribution in [3.63, 3.8) is 0 Å². The third-order valence-electron chi connectivity index (χ3n) is 5.05. The molecule has 0 aromatic heterocycles. The Morgan fingerprint density at radius 1 is 1.14 bits per heavy atom. The molecule has 0 unspecified atom stereocenters. The molecule has 114 valence electrons. The molecule has 0 saturated heterocycles. The van der Waals surface area contributed by atoms with E-state index in [0.717, 1.165) is 6.42 Å². The standard InChI is InChI=1S/C15H22N4O2/c1-5-8-12(4)13(9-16)11(18)19-15(20-6-2,21-7-3)14(12,13)10-17/h5-8H2,1-4H3,(H2,18,19)/t12-,13+,14-/m1/s1. The monoisotopic (exact) mass is 290 g/mol. The van der Waals surface area contributed by atoms with Gasteiger partial charge in [-0.15, -0.1) is 0 Å². The molecule has 1 fully saturated rings. The zero-order chi connectivity index (χ0) is 15.9. The number of rotatable bonds is 6. The first kappa shape index (κ1) is 15.8. The van der Waals surface area contributed by atoms with E-state index in [1.807, 2.05) is 27.7 Å². The van der Waals surface area contributed by atoms with Crippen LogP contribution in [0.3, 0.4) is 0 Å². The second-order valence-electron chi connectivity index (χ2n) is 5.75. The Kier molecular flexibility index (Phi) is 3.52. The quantitative estimate of drug-likeness (QED) is 0.752. The molecule has 1 heterocycles. The molecule has 0 bridgehead atoms. The van der Waals surface area contributed by atoms with Crippen molar-refractivity contribution in [1.82, 2.24) is 0 Å². The van der Waals surface area contributed by atoms with Crippen LogP contribution in [0.15, 0.2) is 4.99 Å². The summed E-state index contributed by atoms with van der Waals surface area (Å²) in [4.78, 5) is 4.30. The largest absolute Gasteiger partial charge is 0.386 e. The zero-order valence-electron chi connectivity index (χ0n) is 13.1. The second kappa shape index (κ2) is 4.69. The SMILES string of the molecule is CCC[C@]1(C)[C@]2(C#N)C(N)=NC(OCC)(OCC)[C@]12C#N. The average molecular weight is 290 g/mol. The average Bonchev–Trinajstić information content (AvgIpc) is 2.83. The molecule has 6 heteroatoms. The molecule has 2 rings (SSSR count). The summed E-state index contributed by atoms with van der Waals surface area (Å²) in [6.07, 6.45) is 1.53. The lowest BCUT2D eigenvalue weighted by Gasteiger charge is -2.34. The lowest BCUT2D eigenvalue weighted by atomic mass is 9.87. The van der Waals surface area contributed by atoms with E-state index in [0.29, 0.717) is 19.6 Å². The molecular formula is C15H22N4O2. The van der Waals surface area contributed by atoms with E-state index < -0.39 is 22.2 Å². The van der Waals surface area contributed by atoms with Gasteiger partial charge >= 0.3 is 0 Å². The van der Waals surface area contributed by atoms with Crippen molar-refractivity contribution in [3.05, 3.63) is 0 Å². The van der Waals surface area contributed by atoms with Crippen LogP contribution in [0, 0.1) is 38.9 Å². The van der Waals surface area contributed by atoms with Gasteiger partial charge in [-0.3, -0.25) is 0 Å². The van der Waals surface area contributed by atoms with Gasteiger partial charge in [-0.25, -0.2) is 4.99 Å². The third-order valence-corrected chi connectivity index (χ3v) is 5.05. The van der Waals surface area contributed by atoms with Crippen LogP contribution >= 0.6 is 0 Å². The Morgan fingerprint density at radius 3 is 2.10 bits per heavy atom. The highest BCUT2D eigenvalue weighted by molar-refractivity contribution is 6.00. The molecule has 0 amide bonds. The van der Waals surface area contributed by atoms with Crippen molar-refractivity contribution >= 4 is 5.84 Å². The molecule has 0 radical (unpaired) electrons. The minimum Gasteiger partial charge on any atom is -0.386 e. The number of hydrogen-bond acceptors (Lipinski definition) is 6. The van der Waals surface area contributed by atoms with Gasteiger partial charge in [0.25, 0.3) is 5.91 Å². The number of fused-ring (bicyclic) bond motifs is 1. The maximum Gasteiger partial charge on any atom is 0.293 e. The topological polar surface area (TPSA) is 104 Å². The predicted molar refractivity (Wildman–Crippen MR) is 76.7 cm³/mol. The van der Waals surface area contributed by atoms with Gasteiger partial charge in [0.1, 0.15) is 11.3 Å². The van der Waals surface area contributed by atoms with Gasteiger partial charge in [-0.1, -0.05) is 20.3 Å². The van der Waals surface area contributed by atoms with Crippen LogP contribution in [0.5, 0.6) is 0 Å². The minimum atomic E-state index is -1.48. The van der Waals surface area contributed by atoms with Gasteiger partial charge in [-0.2, -0.15) is 10.5 Å². The van der Waals surface area contributed by atoms with Crippen LogP contribution in [0.4, 0.5) is 0 Å². The molecule has 3 atom stereocenters. The fourth-order valence-electron chi connectivity index (χ4n) is 4.30. The number of hydrogen-bond donors (Lipinski definition) is 1. The van der Waals surface area contributed by atoms with Crippen LogP contribution in [0.25, 0.3) is 0 Å². The summed E-state index contributed by atoms with van der Waals surface area (Å²) in [6, 6.07) is 4.57. The Morgan fingerprint density at radius 2 is 1.71 bits per heavy atom. The summed E-state index contributed by atoms with van der Waals surface area (Å²) >= 11 is 0.